The normalized spacial score (nSPS) is 23.3. The van der Waals surface area contributed by atoms with Crippen molar-refractivity contribution in [3.63, 3.8) is 0 Å². The van der Waals surface area contributed by atoms with Gasteiger partial charge in [0.1, 0.15) is 5.82 Å². The number of carbonyl (C=O) groups excluding carboxylic acids is 2. The van der Waals surface area contributed by atoms with Crippen molar-refractivity contribution in [1.82, 2.24) is 20.0 Å². The van der Waals surface area contributed by atoms with E-state index in [9.17, 15) is 18.8 Å². The number of rotatable bonds is 4. The summed E-state index contributed by atoms with van der Waals surface area (Å²) in [6, 6.07) is 9.18. The molecule has 2 aromatic rings. The number of carbonyl (C=O) groups is 2. The average Bonchev–Trinajstić information content (AvgIpc) is 3.25. The quantitative estimate of drug-likeness (QED) is 0.846. The zero-order valence-corrected chi connectivity index (χ0v) is 16.2. The second-order valence-electron chi connectivity index (χ2n) is 7.81. The molecule has 1 aromatic carbocycles. The van der Waals surface area contributed by atoms with Crippen LogP contribution in [0.2, 0.25) is 0 Å². The number of likely N-dealkylation sites (tertiary alicyclic amines) is 2. The van der Waals surface area contributed by atoms with Crippen molar-refractivity contribution in [1.29, 1.82) is 0 Å². The highest BCUT2D eigenvalue weighted by molar-refractivity contribution is 5.77. The van der Waals surface area contributed by atoms with Gasteiger partial charge in [0.15, 0.2) is 0 Å². The third-order valence-electron chi connectivity index (χ3n) is 5.94. The number of halogens is 1. The molecule has 2 amide bonds. The predicted molar refractivity (Wildman–Crippen MR) is 103 cm³/mol. The van der Waals surface area contributed by atoms with E-state index in [2.05, 4.69) is 10.2 Å². The summed E-state index contributed by atoms with van der Waals surface area (Å²) in [5.74, 6) is -0.0533. The number of aromatic nitrogens is 2. The van der Waals surface area contributed by atoms with Gasteiger partial charge in [0.05, 0.1) is 11.7 Å². The van der Waals surface area contributed by atoms with Crippen molar-refractivity contribution in [2.75, 3.05) is 19.6 Å². The van der Waals surface area contributed by atoms with Gasteiger partial charge in [-0.3, -0.25) is 14.4 Å². The molecule has 2 aliphatic rings. The Labute approximate surface area is 167 Å². The minimum Gasteiger partial charge on any atom is -0.342 e. The molecule has 29 heavy (non-hydrogen) atoms. The monoisotopic (exact) mass is 398 g/mol. The van der Waals surface area contributed by atoms with E-state index in [1.54, 1.807) is 17.0 Å². The summed E-state index contributed by atoms with van der Waals surface area (Å²) >= 11 is 0. The first-order valence-electron chi connectivity index (χ1n) is 9.77. The van der Waals surface area contributed by atoms with Crippen molar-refractivity contribution >= 4 is 11.8 Å². The minimum atomic E-state index is -0.325. The standard InChI is InChI=1S/C21H23FN4O3/c1-13(27)26-11-15-10-25(20(29)8-6-17-5-7-19(28)24-23-17)12-18(15)21(26)14-3-2-4-16(22)9-14/h2-5,7,9,15,18,21H,6,8,10-12H2,1H3,(H,24,28)/t15-,18-,21-/m1/s1. The molecule has 4 rings (SSSR count). The summed E-state index contributed by atoms with van der Waals surface area (Å²) in [7, 11) is 0. The summed E-state index contributed by atoms with van der Waals surface area (Å²) in [6.07, 6.45) is 0.758. The molecule has 0 radical (unpaired) electrons. The van der Waals surface area contributed by atoms with Gasteiger partial charge in [0.25, 0.3) is 5.56 Å². The van der Waals surface area contributed by atoms with Gasteiger partial charge in [-0.2, -0.15) is 5.10 Å². The topological polar surface area (TPSA) is 86.4 Å². The van der Waals surface area contributed by atoms with E-state index in [0.29, 0.717) is 38.2 Å². The van der Waals surface area contributed by atoms with Crippen LogP contribution in [0.1, 0.15) is 30.6 Å². The minimum absolute atomic E-state index is 0.0276. The molecule has 152 valence electrons. The zero-order chi connectivity index (χ0) is 20.5. The van der Waals surface area contributed by atoms with E-state index in [-0.39, 0.29) is 41.1 Å². The van der Waals surface area contributed by atoms with Crippen molar-refractivity contribution < 1.29 is 14.0 Å². The third-order valence-corrected chi connectivity index (χ3v) is 5.94. The molecule has 0 aliphatic carbocycles. The Kier molecular flexibility index (Phi) is 5.17. The smallest absolute Gasteiger partial charge is 0.264 e. The molecule has 0 spiro atoms. The van der Waals surface area contributed by atoms with Gasteiger partial charge in [-0.1, -0.05) is 12.1 Å². The lowest BCUT2D eigenvalue weighted by atomic mass is 9.89. The van der Waals surface area contributed by atoms with Crippen LogP contribution in [0.3, 0.4) is 0 Å². The van der Waals surface area contributed by atoms with E-state index < -0.39 is 0 Å². The Bertz CT molecular complexity index is 971. The molecule has 2 fully saturated rings. The first kappa shape index (κ1) is 19.3. The highest BCUT2D eigenvalue weighted by Crippen LogP contribution is 2.45. The fraction of sp³-hybridized carbons (Fsp3) is 0.429. The van der Waals surface area contributed by atoms with Crippen molar-refractivity contribution in [3.8, 4) is 0 Å². The van der Waals surface area contributed by atoms with Gasteiger partial charge >= 0.3 is 0 Å². The molecule has 3 atom stereocenters. The summed E-state index contributed by atoms with van der Waals surface area (Å²) in [5.41, 5.74) is 1.17. The van der Waals surface area contributed by atoms with Crippen LogP contribution in [0.15, 0.2) is 41.2 Å². The van der Waals surface area contributed by atoms with Crippen molar-refractivity contribution in [2.24, 2.45) is 11.8 Å². The Balaban J connectivity index is 1.45. The fourth-order valence-corrected chi connectivity index (χ4v) is 4.60. The van der Waals surface area contributed by atoms with Crippen LogP contribution in [0.5, 0.6) is 0 Å². The molecule has 1 aromatic heterocycles. The lowest BCUT2D eigenvalue weighted by Crippen LogP contribution is -2.36. The van der Waals surface area contributed by atoms with Gasteiger partial charge in [-0.05, 0) is 23.8 Å². The molecule has 0 saturated carbocycles. The molecular formula is C21H23FN4O3. The van der Waals surface area contributed by atoms with Crippen LogP contribution in [0.4, 0.5) is 4.39 Å². The van der Waals surface area contributed by atoms with Crippen molar-refractivity contribution in [3.05, 3.63) is 63.8 Å². The highest BCUT2D eigenvalue weighted by Gasteiger charge is 2.49. The van der Waals surface area contributed by atoms with Crippen LogP contribution in [0.25, 0.3) is 0 Å². The first-order chi connectivity index (χ1) is 13.9. The maximum Gasteiger partial charge on any atom is 0.264 e. The zero-order valence-electron chi connectivity index (χ0n) is 16.2. The molecular weight excluding hydrogens is 375 g/mol. The van der Waals surface area contributed by atoms with E-state index in [0.717, 1.165) is 5.56 Å². The molecule has 7 nitrogen and oxygen atoms in total. The van der Waals surface area contributed by atoms with E-state index in [4.69, 9.17) is 0 Å². The third kappa shape index (κ3) is 3.92. The van der Waals surface area contributed by atoms with E-state index in [1.807, 2.05) is 11.0 Å². The number of amides is 2. The second-order valence-corrected chi connectivity index (χ2v) is 7.81. The van der Waals surface area contributed by atoms with Crippen LogP contribution in [0, 0.1) is 17.7 Å². The predicted octanol–water partition coefficient (Wildman–Crippen LogP) is 1.52. The summed E-state index contributed by atoms with van der Waals surface area (Å²) in [4.78, 5) is 39.6. The SMILES string of the molecule is CC(=O)N1C[C@H]2CN(C(=O)CCc3ccc(=O)[nH]n3)C[C@H]2[C@H]1c1cccc(F)c1. The Morgan fingerprint density at radius 1 is 1.21 bits per heavy atom. The molecule has 1 N–H and O–H groups in total. The maximum atomic E-state index is 13.8. The molecule has 3 heterocycles. The Morgan fingerprint density at radius 2 is 2.03 bits per heavy atom. The van der Waals surface area contributed by atoms with E-state index in [1.165, 1.54) is 25.1 Å². The fourth-order valence-electron chi connectivity index (χ4n) is 4.60. The van der Waals surface area contributed by atoms with E-state index >= 15 is 0 Å². The van der Waals surface area contributed by atoms with Crippen LogP contribution in [-0.4, -0.2) is 51.4 Å². The molecule has 2 aliphatic heterocycles. The van der Waals surface area contributed by atoms with Crippen LogP contribution in [-0.2, 0) is 16.0 Å². The summed E-state index contributed by atoms with van der Waals surface area (Å²) in [5, 5.41) is 6.31. The number of H-pyrrole nitrogens is 1. The number of nitrogens with one attached hydrogen (secondary N) is 1. The molecule has 0 unspecified atom stereocenters. The van der Waals surface area contributed by atoms with Gasteiger partial charge in [0.2, 0.25) is 11.8 Å². The lowest BCUT2D eigenvalue weighted by molar-refractivity contribution is -0.131. The average molecular weight is 398 g/mol. The first-order valence-corrected chi connectivity index (χ1v) is 9.77. The summed E-state index contributed by atoms with van der Waals surface area (Å²) in [6.45, 7) is 3.26. The Hall–Kier alpha value is -3.03. The number of benzene rings is 1. The number of hydrogen-bond donors (Lipinski definition) is 1. The number of nitrogens with zero attached hydrogens (tertiary/aromatic N) is 3. The lowest BCUT2D eigenvalue weighted by Gasteiger charge is -2.29. The summed E-state index contributed by atoms with van der Waals surface area (Å²) < 4.78 is 13.8. The second kappa shape index (κ2) is 7.77. The number of aryl methyl sites for hydroxylation is 1. The maximum absolute atomic E-state index is 13.8. The van der Waals surface area contributed by atoms with Gasteiger partial charge in [-0.15, -0.1) is 0 Å². The van der Waals surface area contributed by atoms with Crippen molar-refractivity contribution in [2.45, 2.75) is 25.8 Å². The molecule has 0 bridgehead atoms. The Morgan fingerprint density at radius 3 is 2.72 bits per heavy atom. The van der Waals surface area contributed by atoms with Gasteiger partial charge in [-0.25, -0.2) is 9.49 Å². The highest BCUT2D eigenvalue weighted by atomic mass is 19.1. The molecule has 8 heteroatoms. The molecule has 2 saturated heterocycles. The number of aromatic amines is 1. The largest absolute Gasteiger partial charge is 0.342 e. The van der Waals surface area contributed by atoms with Gasteiger partial charge < -0.3 is 9.80 Å². The van der Waals surface area contributed by atoms with Crippen LogP contribution < -0.4 is 5.56 Å². The van der Waals surface area contributed by atoms with Gasteiger partial charge in [0, 0.05) is 57.3 Å². The number of hydrogen-bond acceptors (Lipinski definition) is 4. The number of fused-ring (bicyclic) bond motifs is 1. The van der Waals surface area contributed by atoms with Crippen LogP contribution >= 0.6 is 0 Å².